The average Bonchev–Trinajstić information content (AvgIpc) is 2.69. The van der Waals surface area contributed by atoms with Crippen molar-refractivity contribution in [2.75, 3.05) is 6.61 Å². The highest BCUT2D eigenvalue weighted by Gasteiger charge is 2.14. The monoisotopic (exact) mass is 364 g/mol. The number of carbonyl (C=O) groups excluding carboxylic acids is 2. The Morgan fingerprint density at radius 1 is 1.04 bits per heavy atom. The number of esters is 1. The summed E-state index contributed by atoms with van der Waals surface area (Å²) in [5, 5.41) is 7.36. The summed E-state index contributed by atoms with van der Waals surface area (Å²) in [5.41, 5.74) is 1.77. The van der Waals surface area contributed by atoms with Gasteiger partial charge in [-0.1, -0.05) is 55.8 Å². The Morgan fingerprint density at radius 2 is 1.74 bits per heavy atom. The van der Waals surface area contributed by atoms with E-state index in [0.29, 0.717) is 22.0 Å². The molecule has 0 unspecified atom stereocenters. The number of nitrogens with one attached hydrogen (secondary N) is 1. The van der Waals surface area contributed by atoms with E-state index < -0.39 is 5.97 Å². The molecule has 0 aliphatic rings. The molecular formula is C21H20N2O4. The number of hydrogen-bond acceptors (Lipinski definition) is 5. The van der Waals surface area contributed by atoms with Gasteiger partial charge in [-0.2, -0.15) is 5.10 Å². The highest BCUT2D eigenvalue weighted by molar-refractivity contribution is 5.98. The Morgan fingerprint density at radius 3 is 2.44 bits per heavy atom. The molecule has 6 nitrogen and oxygen atoms in total. The number of aromatic amines is 1. The topological polar surface area (TPSA) is 89.1 Å². The predicted molar refractivity (Wildman–Crippen MR) is 102 cm³/mol. The van der Waals surface area contributed by atoms with Crippen LogP contribution >= 0.6 is 0 Å². The Balaban J connectivity index is 1.62. The predicted octanol–water partition coefficient (Wildman–Crippen LogP) is 2.84. The lowest BCUT2D eigenvalue weighted by Gasteiger charge is -2.07. The van der Waals surface area contributed by atoms with Crippen LogP contribution in [0.3, 0.4) is 0 Å². The maximum absolute atomic E-state index is 12.2. The largest absolute Gasteiger partial charge is 0.457 e. The first-order chi connectivity index (χ1) is 13.1. The van der Waals surface area contributed by atoms with Crippen LogP contribution in [0.25, 0.3) is 10.8 Å². The van der Waals surface area contributed by atoms with Crippen molar-refractivity contribution in [3.05, 3.63) is 75.7 Å². The van der Waals surface area contributed by atoms with Crippen molar-refractivity contribution in [1.82, 2.24) is 10.2 Å². The fraction of sp³-hybridized carbons (Fsp3) is 0.238. The van der Waals surface area contributed by atoms with Gasteiger partial charge in [0.2, 0.25) is 0 Å². The van der Waals surface area contributed by atoms with Crippen LogP contribution in [0.4, 0.5) is 0 Å². The third-order valence-electron chi connectivity index (χ3n) is 4.27. The number of aromatic nitrogens is 2. The fourth-order valence-corrected chi connectivity index (χ4v) is 2.87. The number of benzene rings is 2. The molecule has 0 aliphatic carbocycles. The Bertz CT molecular complexity index is 1020. The molecule has 0 atom stereocenters. The lowest BCUT2D eigenvalue weighted by atomic mass is 10.1. The lowest BCUT2D eigenvalue weighted by molar-refractivity contribution is -0.141. The first-order valence-corrected chi connectivity index (χ1v) is 8.82. The lowest BCUT2D eigenvalue weighted by Crippen LogP contribution is -2.18. The molecule has 3 aromatic rings. The van der Waals surface area contributed by atoms with Crippen molar-refractivity contribution < 1.29 is 14.3 Å². The number of H-pyrrole nitrogens is 1. The van der Waals surface area contributed by atoms with Crippen LogP contribution in [-0.4, -0.2) is 28.6 Å². The molecule has 0 saturated heterocycles. The van der Waals surface area contributed by atoms with Crippen LogP contribution in [0.2, 0.25) is 0 Å². The van der Waals surface area contributed by atoms with Crippen molar-refractivity contribution in [3.8, 4) is 0 Å². The molecule has 0 saturated carbocycles. The molecule has 0 bridgehead atoms. The van der Waals surface area contributed by atoms with Gasteiger partial charge in [0.25, 0.3) is 5.56 Å². The Labute approximate surface area is 156 Å². The summed E-state index contributed by atoms with van der Waals surface area (Å²) in [6.45, 7) is 1.77. The first-order valence-electron chi connectivity index (χ1n) is 8.82. The molecule has 0 amide bonds. The number of ether oxygens (including phenoxy) is 1. The average molecular weight is 364 g/mol. The third-order valence-corrected chi connectivity index (χ3v) is 4.27. The summed E-state index contributed by atoms with van der Waals surface area (Å²) in [6, 6.07) is 14.2. The van der Waals surface area contributed by atoms with Crippen molar-refractivity contribution in [3.63, 3.8) is 0 Å². The maximum Gasteiger partial charge on any atom is 0.312 e. The molecule has 6 heteroatoms. The number of carbonyl (C=O) groups is 2. The minimum absolute atomic E-state index is 0.125. The third kappa shape index (κ3) is 4.47. The number of aryl methyl sites for hydroxylation is 1. The van der Waals surface area contributed by atoms with Crippen LogP contribution in [0.15, 0.2) is 53.3 Å². The van der Waals surface area contributed by atoms with Crippen molar-refractivity contribution in [2.24, 2.45) is 0 Å². The molecule has 2 aromatic carbocycles. The second kappa shape index (κ2) is 8.40. The highest BCUT2D eigenvalue weighted by atomic mass is 16.5. The van der Waals surface area contributed by atoms with E-state index in [1.807, 2.05) is 12.1 Å². The number of ketones is 1. The van der Waals surface area contributed by atoms with E-state index in [9.17, 15) is 14.4 Å². The molecule has 0 fully saturated rings. The number of rotatable bonds is 7. The molecule has 0 spiro atoms. The molecule has 0 radical (unpaired) electrons. The van der Waals surface area contributed by atoms with E-state index >= 15 is 0 Å². The molecule has 27 heavy (non-hydrogen) atoms. The number of hydrogen-bond donors (Lipinski definition) is 1. The first kappa shape index (κ1) is 18.5. The zero-order valence-corrected chi connectivity index (χ0v) is 15.0. The van der Waals surface area contributed by atoms with Crippen LogP contribution in [0.5, 0.6) is 0 Å². The molecule has 138 valence electrons. The van der Waals surface area contributed by atoms with Crippen LogP contribution in [0, 0.1) is 0 Å². The van der Waals surface area contributed by atoms with Crippen LogP contribution in [0.1, 0.15) is 35.0 Å². The van der Waals surface area contributed by atoms with E-state index in [0.717, 1.165) is 12.8 Å². The van der Waals surface area contributed by atoms with Gasteiger partial charge in [0.15, 0.2) is 12.4 Å². The van der Waals surface area contributed by atoms with E-state index in [2.05, 4.69) is 17.1 Å². The summed E-state index contributed by atoms with van der Waals surface area (Å²) in [4.78, 5) is 36.1. The second-order valence-electron chi connectivity index (χ2n) is 6.25. The summed E-state index contributed by atoms with van der Waals surface area (Å²) in [5.74, 6) is -0.832. The van der Waals surface area contributed by atoms with Gasteiger partial charge >= 0.3 is 5.97 Å². The van der Waals surface area contributed by atoms with Gasteiger partial charge in [0, 0.05) is 10.9 Å². The van der Waals surface area contributed by atoms with Gasteiger partial charge in [-0.3, -0.25) is 14.4 Å². The van der Waals surface area contributed by atoms with E-state index in [4.69, 9.17) is 4.74 Å². The molecule has 0 aliphatic heterocycles. The fourth-order valence-electron chi connectivity index (χ4n) is 2.87. The van der Waals surface area contributed by atoms with E-state index in [1.54, 1.807) is 36.4 Å². The van der Waals surface area contributed by atoms with Gasteiger partial charge in [0.05, 0.1) is 17.5 Å². The van der Waals surface area contributed by atoms with E-state index in [-0.39, 0.29) is 24.4 Å². The van der Waals surface area contributed by atoms with Crippen molar-refractivity contribution in [1.29, 1.82) is 0 Å². The maximum atomic E-state index is 12.2. The van der Waals surface area contributed by atoms with Gasteiger partial charge in [-0.25, -0.2) is 5.10 Å². The minimum Gasteiger partial charge on any atom is -0.457 e. The van der Waals surface area contributed by atoms with Crippen LogP contribution in [-0.2, 0) is 22.4 Å². The zero-order chi connectivity index (χ0) is 19.2. The zero-order valence-electron chi connectivity index (χ0n) is 15.0. The molecular weight excluding hydrogens is 344 g/mol. The van der Waals surface area contributed by atoms with Crippen molar-refractivity contribution >= 4 is 22.5 Å². The summed E-state index contributed by atoms with van der Waals surface area (Å²) < 4.78 is 5.10. The Kier molecular flexibility index (Phi) is 5.76. The Hall–Kier alpha value is -3.28. The normalized spacial score (nSPS) is 10.7. The minimum atomic E-state index is -0.573. The van der Waals surface area contributed by atoms with E-state index in [1.165, 1.54) is 5.56 Å². The van der Waals surface area contributed by atoms with Crippen LogP contribution < -0.4 is 5.56 Å². The smallest absolute Gasteiger partial charge is 0.312 e. The summed E-state index contributed by atoms with van der Waals surface area (Å²) in [6.07, 6.45) is 1.88. The molecule has 1 aromatic heterocycles. The summed E-state index contributed by atoms with van der Waals surface area (Å²) >= 11 is 0. The van der Waals surface area contributed by atoms with Gasteiger partial charge in [0.1, 0.15) is 0 Å². The second-order valence-corrected chi connectivity index (χ2v) is 6.25. The number of fused-ring (bicyclic) bond motifs is 1. The quantitative estimate of drug-likeness (QED) is 0.514. The highest BCUT2D eigenvalue weighted by Crippen LogP contribution is 2.13. The molecule has 1 heterocycles. The van der Waals surface area contributed by atoms with Crippen molar-refractivity contribution in [2.45, 2.75) is 26.2 Å². The van der Waals surface area contributed by atoms with Gasteiger partial charge in [-0.05, 0) is 18.1 Å². The number of nitrogens with zero attached hydrogens (tertiary/aromatic N) is 1. The molecule has 1 N–H and O–H groups in total. The van der Waals surface area contributed by atoms with Gasteiger partial charge < -0.3 is 4.74 Å². The summed E-state index contributed by atoms with van der Waals surface area (Å²) in [7, 11) is 0. The number of Topliss-reactive ketones (excluding diaryl/α,β-unsaturated/α-hetero) is 1. The SMILES string of the molecule is CCCc1ccc(C(=O)COC(=O)Cc2n[nH]c(=O)c3ccccc23)cc1. The standard InChI is InChI=1S/C21H20N2O4/c1-2-5-14-8-10-15(11-9-14)19(24)13-27-20(25)12-18-16-6-3-4-7-17(16)21(26)23-22-18/h3-4,6-11H,2,5,12-13H2,1H3,(H,23,26). The van der Waals surface area contributed by atoms with Gasteiger partial charge in [-0.15, -0.1) is 0 Å². The molecule has 3 rings (SSSR count).